The molecule has 0 aliphatic rings. The summed E-state index contributed by atoms with van der Waals surface area (Å²) in [5.74, 6) is -0.348. The van der Waals surface area contributed by atoms with E-state index in [9.17, 15) is 9.36 Å². The Labute approximate surface area is 76.1 Å². The van der Waals surface area contributed by atoms with Crippen LogP contribution in [0, 0.1) is 0 Å². The second kappa shape index (κ2) is 7.61. The van der Waals surface area contributed by atoms with Gasteiger partial charge in [-0.1, -0.05) is 11.4 Å². The zero-order valence-corrected chi connectivity index (χ0v) is 9.24. The minimum atomic E-state index is -2.92. The second-order valence-electron chi connectivity index (χ2n) is 1.53. The lowest BCUT2D eigenvalue weighted by Crippen LogP contribution is -2.15. The number of amides is 1. The average molecular weight is 215 g/mol. The Hall–Kier alpha value is -0.0300. The van der Waals surface area contributed by atoms with Crippen LogP contribution in [0.4, 0.5) is 0 Å². The first kappa shape index (κ1) is 14.5. The molecule has 2 N–H and O–H groups in total. The predicted molar refractivity (Wildman–Crippen MR) is 50.1 cm³/mol. The Morgan fingerprint density at radius 1 is 1.58 bits per heavy atom. The molecule has 74 valence electrons. The summed E-state index contributed by atoms with van der Waals surface area (Å²) in [6.45, 7) is -1.63. The predicted octanol–water partition coefficient (Wildman–Crippen LogP) is 0.848. The number of aliphatic hydroxyl groups is 1. The molecule has 0 heterocycles. The van der Waals surface area contributed by atoms with Crippen LogP contribution in [0.15, 0.2) is 0 Å². The fourth-order valence-electron chi connectivity index (χ4n) is 0.359. The van der Waals surface area contributed by atoms with Crippen LogP contribution >= 0.6 is 18.1 Å². The molecule has 0 aromatic heterocycles. The minimum absolute atomic E-state index is 0.348. The monoisotopic (exact) mass is 215 g/mol. The van der Waals surface area contributed by atoms with E-state index >= 15 is 0 Å². The van der Waals surface area contributed by atoms with Crippen molar-refractivity contribution in [2.45, 2.75) is 6.92 Å². The van der Waals surface area contributed by atoms with Gasteiger partial charge in [0.1, 0.15) is 0 Å². The lowest BCUT2D eigenvalue weighted by molar-refractivity contribution is -0.117. The molecular weight excluding hydrogens is 201 g/mol. The van der Waals surface area contributed by atoms with Crippen molar-refractivity contribution in [3.63, 3.8) is 0 Å². The highest BCUT2D eigenvalue weighted by atomic mass is 32.7. The largest absolute Gasteiger partial charge is 0.400 e. The second-order valence-corrected chi connectivity index (χ2v) is 6.02. The van der Waals surface area contributed by atoms with Gasteiger partial charge in [0.15, 0.2) is 0 Å². The van der Waals surface area contributed by atoms with Crippen molar-refractivity contribution in [1.29, 1.82) is 0 Å². The van der Waals surface area contributed by atoms with Gasteiger partial charge in [0, 0.05) is 21.1 Å². The fourth-order valence-corrected chi connectivity index (χ4v) is 2.18. The zero-order valence-electron chi connectivity index (χ0n) is 7.53. The van der Waals surface area contributed by atoms with Crippen LogP contribution in [0.2, 0.25) is 0 Å². The third-order valence-electron chi connectivity index (χ3n) is 0.775. The third kappa shape index (κ3) is 6.67. The first-order valence-electron chi connectivity index (χ1n) is 2.99. The van der Waals surface area contributed by atoms with E-state index in [1.54, 1.807) is 6.26 Å². The molecule has 1 amide bonds. The smallest absolute Gasteiger partial charge is 0.352 e. The molecule has 0 spiro atoms. The van der Waals surface area contributed by atoms with Crippen LogP contribution in [-0.2, 0) is 13.9 Å². The first-order valence-corrected chi connectivity index (χ1v) is 6.44. The molecule has 0 fully saturated rings. The molecule has 12 heavy (non-hydrogen) atoms. The molecule has 0 aromatic carbocycles. The van der Waals surface area contributed by atoms with Crippen LogP contribution < -0.4 is 5.09 Å². The SMILES string of the molecule is CO.COP(=O)(NC(C)=O)SC. The maximum absolute atomic E-state index is 11.2. The van der Waals surface area contributed by atoms with Crippen molar-refractivity contribution in [1.82, 2.24) is 5.09 Å². The van der Waals surface area contributed by atoms with Gasteiger partial charge in [-0.25, -0.2) is 0 Å². The van der Waals surface area contributed by atoms with Crippen molar-refractivity contribution >= 4 is 24.0 Å². The maximum Gasteiger partial charge on any atom is 0.352 e. The highest BCUT2D eigenvalue weighted by Crippen LogP contribution is 2.53. The lowest BCUT2D eigenvalue weighted by atomic mass is 10.8. The van der Waals surface area contributed by atoms with Gasteiger partial charge in [-0.2, -0.15) is 0 Å². The minimum Gasteiger partial charge on any atom is -0.400 e. The van der Waals surface area contributed by atoms with Crippen LogP contribution in [0.5, 0.6) is 0 Å². The maximum atomic E-state index is 11.2. The van der Waals surface area contributed by atoms with Gasteiger partial charge in [0.2, 0.25) is 5.91 Å². The number of carbonyl (C=O) groups is 1. The van der Waals surface area contributed by atoms with E-state index in [1.165, 1.54) is 14.0 Å². The number of hydrogen-bond acceptors (Lipinski definition) is 5. The summed E-state index contributed by atoms with van der Waals surface area (Å²) >= 11 is 1.00. The summed E-state index contributed by atoms with van der Waals surface area (Å²) < 4.78 is 15.8. The summed E-state index contributed by atoms with van der Waals surface area (Å²) in [5, 5.41) is 9.21. The highest BCUT2D eigenvalue weighted by molar-refractivity contribution is 8.55. The Bertz CT molecular complexity index is 167. The molecule has 5 nitrogen and oxygen atoms in total. The van der Waals surface area contributed by atoms with Gasteiger partial charge in [-0.3, -0.25) is 14.4 Å². The Kier molecular flexibility index (Phi) is 9.19. The van der Waals surface area contributed by atoms with Crippen molar-refractivity contribution < 1.29 is 19.0 Å². The van der Waals surface area contributed by atoms with E-state index in [4.69, 9.17) is 5.11 Å². The molecule has 0 radical (unpaired) electrons. The summed E-state index contributed by atoms with van der Waals surface area (Å²) in [7, 11) is 2.30. The Balaban J connectivity index is 0. The van der Waals surface area contributed by atoms with Gasteiger partial charge in [-0.05, 0) is 6.26 Å². The van der Waals surface area contributed by atoms with E-state index in [1.807, 2.05) is 0 Å². The molecule has 0 aromatic rings. The number of carbonyl (C=O) groups excluding carboxylic acids is 1. The van der Waals surface area contributed by atoms with Gasteiger partial charge in [0.25, 0.3) is 0 Å². The van der Waals surface area contributed by atoms with Crippen LogP contribution in [0.1, 0.15) is 6.92 Å². The lowest BCUT2D eigenvalue weighted by Gasteiger charge is -2.11. The quantitative estimate of drug-likeness (QED) is 0.682. The van der Waals surface area contributed by atoms with Gasteiger partial charge in [-0.15, -0.1) is 0 Å². The van der Waals surface area contributed by atoms with Crippen molar-refractivity contribution in [2.75, 3.05) is 20.5 Å². The normalized spacial score (nSPS) is 13.8. The standard InChI is InChI=1S/C4H10NO3PS.CH4O/c1-4(6)5-9(7,8-2)10-3;1-2/h1-3H3,(H,5,6,7);2H,1H3. The van der Waals surface area contributed by atoms with E-state index in [-0.39, 0.29) is 5.91 Å². The van der Waals surface area contributed by atoms with Crippen LogP contribution in [0.25, 0.3) is 0 Å². The van der Waals surface area contributed by atoms with Crippen LogP contribution in [-0.4, -0.2) is 31.5 Å². The van der Waals surface area contributed by atoms with E-state index in [0.29, 0.717) is 0 Å². The highest BCUT2D eigenvalue weighted by Gasteiger charge is 2.20. The molecule has 1 unspecified atom stereocenters. The number of hydrogen-bond donors (Lipinski definition) is 2. The van der Waals surface area contributed by atoms with Crippen molar-refractivity contribution in [3.05, 3.63) is 0 Å². The molecule has 0 aliphatic carbocycles. The van der Waals surface area contributed by atoms with Gasteiger partial charge < -0.3 is 9.63 Å². The molecule has 0 saturated carbocycles. The Morgan fingerprint density at radius 3 is 2.08 bits per heavy atom. The van der Waals surface area contributed by atoms with E-state index < -0.39 is 6.72 Å². The van der Waals surface area contributed by atoms with Crippen molar-refractivity contribution in [3.8, 4) is 0 Å². The molecule has 7 heteroatoms. The molecule has 0 aliphatic heterocycles. The third-order valence-corrected chi connectivity index (χ3v) is 4.49. The fraction of sp³-hybridized carbons (Fsp3) is 0.800. The first-order chi connectivity index (χ1) is 5.54. The van der Waals surface area contributed by atoms with Crippen molar-refractivity contribution in [2.24, 2.45) is 0 Å². The molecule has 0 bridgehead atoms. The van der Waals surface area contributed by atoms with Crippen LogP contribution in [0.3, 0.4) is 0 Å². The summed E-state index contributed by atoms with van der Waals surface area (Å²) in [6, 6.07) is 0. The van der Waals surface area contributed by atoms with E-state index in [2.05, 4.69) is 9.61 Å². The van der Waals surface area contributed by atoms with Gasteiger partial charge in [0.05, 0.1) is 0 Å². The molecule has 0 rings (SSSR count). The number of rotatable bonds is 3. The van der Waals surface area contributed by atoms with Gasteiger partial charge >= 0.3 is 6.72 Å². The summed E-state index contributed by atoms with van der Waals surface area (Å²) in [5.41, 5.74) is 0. The number of aliphatic hydroxyl groups excluding tert-OH is 1. The average Bonchev–Trinajstić information content (AvgIpc) is 2.07. The molecular formula is C5H14NO4PS. The topological polar surface area (TPSA) is 75.6 Å². The number of nitrogens with one attached hydrogen (secondary N) is 1. The van der Waals surface area contributed by atoms with E-state index in [0.717, 1.165) is 18.5 Å². The zero-order chi connectivity index (χ0) is 10.2. The Morgan fingerprint density at radius 2 is 2.00 bits per heavy atom. The molecule has 1 atom stereocenters. The molecule has 0 saturated heterocycles. The summed E-state index contributed by atoms with van der Waals surface area (Å²) in [6.07, 6.45) is 1.61. The summed E-state index contributed by atoms with van der Waals surface area (Å²) in [4.78, 5) is 10.4.